The van der Waals surface area contributed by atoms with Gasteiger partial charge in [0.25, 0.3) is 11.6 Å². The summed E-state index contributed by atoms with van der Waals surface area (Å²) in [5.74, 6) is -2.30. The highest BCUT2D eigenvalue weighted by atomic mass is 19.1. The number of carboxylic acids is 1. The zero-order valence-electron chi connectivity index (χ0n) is 13.6. The number of amides is 1. The van der Waals surface area contributed by atoms with Crippen LogP contribution in [0.5, 0.6) is 5.75 Å². The minimum Gasteiger partial charge on any atom is -0.496 e. The topological polar surface area (TPSA) is 119 Å². The van der Waals surface area contributed by atoms with Crippen LogP contribution in [0.25, 0.3) is 0 Å². The van der Waals surface area contributed by atoms with Gasteiger partial charge in [-0.05, 0) is 30.3 Å². The second-order valence-electron chi connectivity index (χ2n) is 5.33. The minimum atomic E-state index is -1.36. The molecule has 0 radical (unpaired) electrons. The molecule has 0 aliphatic rings. The van der Waals surface area contributed by atoms with Crippen LogP contribution in [0.2, 0.25) is 0 Å². The van der Waals surface area contributed by atoms with Gasteiger partial charge in [0.2, 0.25) is 0 Å². The molecule has 2 rings (SSSR count). The lowest BCUT2D eigenvalue weighted by atomic mass is 10.0. The van der Waals surface area contributed by atoms with Crippen molar-refractivity contribution in [3.05, 3.63) is 69.5 Å². The average molecular weight is 362 g/mol. The second-order valence-corrected chi connectivity index (χ2v) is 5.33. The van der Waals surface area contributed by atoms with Gasteiger partial charge in [-0.25, -0.2) is 9.18 Å². The van der Waals surface area contributed by atoms with Gasteiger partial charge in [-0.2, -0.15) is 0 Å². The van der Waals surface area contributed by atoms with Crippen molar-refractivity contribution < 1.29 is 28.7 Å². The van der Waals surface area contributed by atoms with Crippen molar-refractivity contribution in [3.8, 4) is 5.75 Å². The molecule has 0 aliphatic carbocycles. The number of rotatable bonds is 7. The number of nitrogens with zero attached hydrogens (tertiary/aromatic N) is 1. The predicted octanol–water partition coefficient (Wildman–Crippen LogP) is 2.17. The predicted molar refractivity (Wildman–Crippen MR) is 88.6 cm³/mol. The molecule has 2 aromatic carbocycles. The number of halogens is 1. The zero-order valence-corrected chi connectivity index (χ0v) is 13.6. The lowest BCUT2D eigenvalue weighted by molar-refractivity contribution is -0.384. The molecule has 2 aromatic rings. The van der Waals surface area contributed by atoms with E-state index in [1.54, 1.807) is 0 Å². The molecular formula is C17H15FN2O6. The molecule has 2 N–H and O–H groups in total. The number of hydrogen-bond acceptors (Lipinski definition) is 5. The zero-order chi connectivity index (χ0) is 19.3. The number of carbonyl (C=O) groups excluding carboxylic acids is 1. The van der Waals surface area contributed by atoms with Crippen molar-refractivity contribution in [2.24, 2.45) is 0 Å². The van der Waals surface area contributed by atoms with Crippen molar-refractivity contribution in [3.63, 3.8) is 0 Å². The number of non-ortho nitro benzene ring substituents is 1. The van der Waals surface area contributed by atoms with Crippen LogP contribution in [0.4, 0.5) is 10.1 Å². The van der Waals surface area contributed by atoms with E-state index in [4.69, 9.17) is 4.74 Å². The van der Waals surface area contributed by atoms with E-state index >= 15 is 0 Å². The van der Waals surface area contributed by atoms with E-state index in [1.165, 1.54) is 37.4 Å². The first-order chi connectivity index (χ1) is 12.3. The maximum Gasteiger partial charge on any atom is 0.326 e. The number of nitro groups is 1. The normalized spacial score (nSPS) is 11.5. The third kappa shape index (κ3) is 4.53. The van der Waals surface area contributed by atoms with Gasteiger partial charge in [-0.15, -0.1) is 0 Å². The van der Waals surface area contributed by atoms with E-state index in [2.05, 4.69) is 5.32 Å². The molecule has 8 nitrogen and oxygen atoms in total. The van der Waals surface area contributed by atoms with Crippen LogP contribution < -0.4 is 10.1 Å². The maximum atomic E-state index is 12.9. The maximum absolute atomic E-state index is 12.9. The van der Waals surface area contributed by atoms with Crippen LogP contribution in [0.15, 0.2) is 42.5 Å². The van der Waals surface area contributed by atoms with Gasteiger partial charge in [0, 0.05) is 29.7 Å². The van der Waals surface area contributed by atoms with Gasteiger partial charge >= 0.3 is 5.97 Å². The third-order valence-corrected chi connectivity index (χ3v) is 3.61. The molecule has 1 atom stereocenters. The molecule has 0 aromatic heterocycles. The van der Waals surface area contributed by atoms with E-state index < -0.39 is 28.7 Å². The first-order valence-electron chi connectivity index (χ1n) is 7.42. The summed E-state index contributed by atoms with van der Waals surface area (Å²) in [4.78, 5) is 33.9. The number of carboxylic acid groups (broad SMARTS) is 1. The van der Waals surface area contributed by atoms with Crippen LogP contribution >= 0.6 is 0 Å². The molecule has 0 aliphatic heterocycles. The summed E-state index contributed by atoms with van der Waals surface area (Å²) in [6.45, 7) is 0. The van der Waals surface area contributed by atoms with Crippen molar-refractivity contribution in [2.45, 2.75) is 12.5 Å². The summed E-state index contributed by atoms with van der Waals surface area (Å²) in [6, 6.07) is 7.02. The van der Waals surface area contributed by atoms with Crippen molar-refractivity contribution in [2.75, 3.05) is 7.11 Å². The molecule has 0 heterocycles. The third-order valence-electron chi connectivity index (χ3n) is 3.61. The van der Waals surface area contributed by atoms with Crippen molar-refractivity contribution >= 4 is 17.6 Å². The molecule has 0 bridgehead atoms. The minimum absolute atomic E-state index is 0.0867. The Morgan fingerprint density at radius 3 is 2.46 bits per heavy atom. The molecule has 26 heavy (non-hydrogen) atoms. The fraction of sp³-hybridized carbons (Fsp3) is 0.176. The first kappa shape index (κ1) is 18.8. The number of aliphatic carboxylic acids is 1. The monoisotopic (exact) mass is 362 g/mol. The number of carbonyl (C=O) groups is 2. The molecule has 0 saturated carbocycles. The van der Waals surface area contributed by atoms with Crippen LogP contribution in [0.3, 0.4) is 0 Å². The Morgan fingerprint density at radius 2 is 1.92 bits per heavy atom. The van der Waals surface area contributed by atoms with E-state index in [0.717, 1.165) is 12.1 Å². The average Bonchev–Trinajstić information content (AvgIpc) is 2.61. The summed E-state index contributed by atoms with van der Waals surface area (Å²) in [5, 5.41) is 22.6. The molecule has 0 spiro atoms. The fourth-order valence-electron chi connectivity index (χ4n) is 2.30. The van der Waals surface area contributed by atoms with Crippen LogP contribution in [-0.2, 0) is 11.2 Å². The highest BCUT2D eigenvalue weighted by Gasteiger charge is 2.24. The van der Waals surface area contributed by atoms with Gasteiger partial charge in [-0.3, -0.25) is 14.9 Å². The summed E-state index contributed by atoms with van der Waals surface area (Å²) < 4.78 is 18.0. The molecular weight excluding hydrogens is 347 g/mol. The Kier molecular flexibility index (Phi) is 5.84. The number of methoxy groups -OCH3 is 1. The van der Waals surface area contributed by atoms with Crippen LogP contribution in [0, 0.1) is 15.9 Å². The van der Waals surface area contributed by atoms with Gasteiger partial charge < -0.3 is 15.2 Å². The Labute approximate surface area is 147 Å². The number of ether oxygens (including phenoxy) is 1. The highest BCUT2D eigenvalue weighted by molar-refractivity contribution is 5.96. The first-order valence-corrected chi connectivity index (χ1v) is 7.42. The number of benzene rings is 2. The lowest BCUT2D eigenvalue weighted by Gasteiger charge is -2.16. The molecule has 0 fully saturated rings. The molecule has 9 heteroatoms. The van der Waals surface area contributed by atoms with Crippen LogP contribution in [0.1, 0.15) is 15.9 Å². The molecule has 1 amide bonds. The van der Waals surface area contributed by atoms with Gasteiger partial charge in [0.05, 0.1) is 12.0 Å². The standard InChI is InChI=1S/C17H15FN2O6/c1-26-15-7-6-13(20(24)25)8-11(15)9-14(17(22)23)19-16(21)10-2-4-12(18)5-3-10/h2-8,14H,9H2,1H3,(H,19,21)(H,22,23)/t14-/m0/s1. The number of hydrogen-bond donors (Lipinski definition) is 2. The van der Waals surface area contributed by atoms with E-state index in [9.17, 15) is 29.2 Å². The summed E-state index contributed by atoms with van der Waals surface area (Å²) in [6.07, 6.45) is -0.229. The summed E-state index contributed by atoms with van der Waals surface area (Å²) in [5.41, 5.74) is 0.118. The Morgan fingerprint density at radius 1 is 1.27 bits per heavy atom. The largest absolute Gasteiger partial charge is 0.496 e. The fourth-order valence-corrected chi connectivity index (χ4v) is 2.30. The van der Waals surface area contributed by atoms with E-state index in [0.29, 0.717) is 0 Å². The molecule has 0 unspecified atom stereocenters. The number of nitrogens with one attached hydrogen (secondary N) is 1. The van der Waals surface area contributed by atoms with Gasteiger partial charge in [0.15, 0.2) is 0 Å². The quantitative estimate of drug-likeness (QED) is 0.575. The number of nitro benzene ring substituents is 1. The molecule has 136 valence electrons. The smallest absolute Gasteiger partial charge is 0.326 e. The van der Waals surface area contributed by atoms with Crippen molar-refractivity contribution in [1.29, 1.82) is 0 Å². The van der Waals surface area contributed by atoms with E-state index in [-0.39, 0.29) is 29.0 Å². The van der Waals surface area contributed by atoms with Gasteiger partial charge in [0.1, 0.15) is 17.6 Å². The van der Waals surface area contributed by atoms with Crippen LogP contribution in [-0.4, -0.2) is 35.1 Å². The Bertz CT molecular complexity index is 838. The van der Waals surface area contributed by atoms with Gasteiger partial charge in [-0.1, -0.05) is 0 Å². The Balaban J connectivity index is 2.24. The van der Waals surface area contributed by atoms with Crippen molar-refractivity contribution in [1.82, 2.24) is 5.32 Å². The second kappa shape index (κ2) is 8.06. The molecule has 0 saturated heterocycles. The Hall–Kier alpha value is -3.49. The lowest BCUT2D eigenvalue weighted by Crippen LogP contribution is -2.42. The SMILES string of the molecule is COc1ccc([N+](=O)[O-])cc1C[C@H](NC(=O)c1ccc(F)cc1)C(=O)O. The summed E-state index contributed by atoms with van der Waals surface area (Å²) >= 11 is 0. The summed E-state index contributed by atoms with van der Waals surface area (Å²) in [7, 11) is 1.34. The highest BCUT2D eigenvalue weighted by Crippen LogP contribution is 2.25. The van der Waals surface area contributed by atoms with E-state index in [1.807, 2.05) is 0 Å².